The number of hydrogen-bond donors (Lipinski definition) is 1. The first kappa shape index (κ1) is 17.6. The number of hydrogen-bond acceptors (Lipinski definition) is 7. The van der Waals surface area contributed by atoms with E-state index in [2.05, 4.69) is 20.5 Å². The fraction of sp³-hybridized carbons (Fsp3) is 0.222. The molecule has 1 atom stereocenters. The Balaban J connectivity index is 1.71. The fourth-order valence-electron chi connectivity index (χ4n) is 2.83. The summed E-state index contributed by atoms with van der Waals surface area (Å²) in [6, 6.07) is 7.44. The first-order chi connectivity index (χ1) is 13.1. The van der Waals surface area contributed by atoms with Crippen LogP contribution in [0.15, 0.2) is 41.8 Å². The van der Waals surface area contributed by atoms with Crippen LogP contribution < -0.4 is 10.1 Å². The van der Waals surface area contributed by atoms with Gasteiger partial charge in [-0.3, -0.25) is 0 Å². The number of ether oxygens (including phenoxy) is 2. The molecule has 0 saturated carbocycles. The normalized spacial score (nSPS) is 16.4. The van der Waals surface area contributed by atoms with Gasteiger partial charge in [0.25, 0.3) is 0 Å². The van der Waals surface area contributed by atoms with Crippen LogP contribution in [0.3, 0.4) is 0 Å². The van der Waals surface area contributed by atoms with E-state index in [4.69, 9.17) is 21.1 Å². The molecule has 0 unspecified atom stereocenters. The van der Waals surface area contributed by atoms with Crippen molar-refractivity contribution < 1.29 is 13.9 Å². The van der Waals surface area contributed by atoms with Crippen molar-refractivity contribution in [2.24, 2.45) is 5.18 Å². The number of nitroso groups, excluding NO2 is 1. The Morgan fingerprint density at radius 1 is 1.30 bits per heavy atom. The van der Waals surface area contributed by atoms with Crippen molar-refractivity contribution >= 4 is 39.7 Å². The summed E-state index contributed by atoms with van der Waals surface area (Å²) in [6.07, 6.45) is 2.01. The molecule has 0 amide bonds. The quantitative estimate of drug-likeness (QED) is 0.636. The molecule has 1 N–H and O–H groups in total. The number of aromatic nitrogens is 2. The Labute approximate surface area is 158 Å². The smallest absolute Gasteiger partial charge is 0.151 e. The lowest BCUT2D eigenvalue weighted by atomic mass is 10.2. The summed E-state index contributed by atoms with van der Waals surface area (Å²) in [5.41, 5.74) is 1.26. The minimum atomic E-state index is -0.514. The van der Waals surface area contributed by atoms with Crippen molar-refractivity contribution in [1.82, 2.24) is 9.97 Å². The van der Waals surface area contributed by atoms with Gasteiger partial charge in [0.05, 0.1) is 23.8 Å². The van der Waals surface area contributed by atoms with Gasteiger partial charge in [-0.1, -0.05) is 11.6 Å². The monoisotopic (exact) mass is 388 g/mol. The van der Waals surface area contributed by atoms with E-state index in [1.54, 1.807) is 12.1 Å². The van der Waals surface area contributed by atoms with Crippen molar-refractivity contribution in [3.8, 4) is 5.75 Å². The Hall–Kier alpha value is -2.84. The standard InChI is InChI=1S/C18H14ClFN4O3/c19-13-5-10(1-2-14(13)20)23-18-12-6-16(24-25)17(7-15(12)21-9-22-18)27-11-3-4-26-8-11/h1-2,5-7,9,11H,3-4,8H2,(H,21,22,23)/t11-/m0/s1. The van der Waals surface area contributed by atoms with Crippen LogP contribution in [0.4, 0.5) is 21.6 Å². The van der Waals surface area contributed by atoms with E-state index >= 15 is 0 Å². The van der Waals surface area contributed by atoms with Gasteiger partial charge in [0.15, 0.2) is 11.4 Å². The molecule has 1 aromatic heterocycles. The van der Waals surface area contributed by atoms with E-state index in [1.807, 2.05) is 0 Å². The molecular formula is C18H14ClFN4O3. The number of anilines is 2. The van der Waals surface area contributed by atoms with Crippen molar-refractivity contribution in [2.45, 2.75) is 12.5 Å². The maximum atomic E-state index is 13.3. The molecule has 4 rings (SSSR count). The molecule has 2 aromatic carbocycles. The van der Waals surface area contributed by atoms with Gasteiger partial charge in [-0.15, -0.1) is 4.91 Å². The molecule has 3 aromatic rings. The van der Waals surface area contributed by atoms with Crippen molar-refractivity contribution in [3.63, 3.8) is 0 Å². The van der Waals surface area contributed by atoms with E-state index < -0.39 is 5.82 Å². The zero-order valence-electron chi connectivity index (χ0n) is 14.0. The summed E-state index contributed by atoms with van der Waals surface area (Å²) in [4.78, 5) is 19.7. The fourth-order valence-corrected chi connectivity index (χ4v) is 3.01. The number of rotatable bonds is 5. The average Bonchev–Trinajstić information content (AvgIpc) is 3.17. The molecule has 0 aliphatic carbocycles. The molecule has 2 heterocycles. The van der Waals surface area contributed by atoms with Gasteiger partial charge in [0.1, 0.15) is 24.1 Å². The van der Waals surface area contributed by atoms with Crippen LogP contribution in [0.1, 0.15) is 6.42 Å². The first-order valence-electron chi connectivity index (χ1n) is 8.22. The SMILES string of the molecule is O=Nc1cc2c(Nc3ccc(F)c(Cl)c3)ncnc2cc1O[C@H]1CCOC1. The highest BCUT2D eigenvalue weighted by Crippen LogP contribution is 2.36. The van der Waals surface area contributed by atoms with Gasteiger partial charge < -0.3 is 14.8 Å². The molecule has 1 aliphatic rings. The summed E-state index contributed by atoms with van der Waals surface area (Å²) in [6.45, 7) is 1.09. The Morgan fingerprint density at radius 2 is 2.19 bits per heavy atom. The van der Waals surface area contributed by atoms with E-state index in [0.717, 1.165) is 6.42 Å². The molecule has 0 bridgehead atoms. The molecule has 0 spiro atoms. The van der Waals surface area contributed by atoms with Gasteiger partial charge in [-0.05, 0) is 29.4 Å². The minimum Gasteiger partial charge on any atom is -0.485 e. The number of nitrogens with zero attached hydrogens (tertiary/aromatic N) is 3. The molecule has 1 fully saturated rings. The van der Waals surface area contributed by atoms with Gasteiger partial charge in [-0.2, -0.15) is 0 Å². The van der Waals surface area contributed by atoms with Crippen LogP contribution in [0.2, 0.25) is 5.02 Å². The maximum absolute atomic E-state index is 13.3. The molecule has 9 heteroatoms. The molecular weight excluding hydrogens is 375 g/mol. The second-order valence-corrected chi connectivity index (χ2v) is 6.42. The molecule has 7 nitrogen and oxygen atoms in total. The van der Waals surface area contributed by atoms with Crippen LogP contribution in [0.25, 0.3) is 10.9 Å². The summed E-state index contributed by atoms with van der Waals surface area (Å²) < 4.78 is 24.5. The van der Waals surface area contributed by atoms with Gasteiger partial charge in [-0.25, -0.2) is 14.4 Å². The van der Waals surface area contributed by atoms with E-state index in [9.17, 15) is 9.30 Å². The second kappa shape index (κ2) is 7.42. The molecule has 27 heavy (non-hydrogen) atoms. The lowest BCUT2D eigenvalue weighted by Gasteiger charge is -2.14. The van der Waals surface area contributed by atoms with Crippen molar-refractivity contribution in [3.05, 3.63) is 52.4 Å². The Kier molecular flexibility index (Phi) is 4.83. The van der Waals surface area contributed by atoms with Crippen molar-refractivity contribution in [2.75, 3.05) is 18.5 Å². The Bertz CT molecular complexity index is 1010. The topological polar surface area (TPSA) is 85.7 Å². The molecule has 138 valence electrons. The summed E-state index contributed by atoms with van der Waals surface area (Å²) in [7, 11) is 0. The van der Waals surface area contributed by atoms with Crippen LogP contribution in [0, 0.1) is 10.7 Å². The summed E-state index contributed by atoms with van der Waals surface area (Å²) >= 11 is 5.82. The second-order valence-electron chi connectivity index (χ2n) is 6.01. The maximum Gasteiger partial charge on any atom is 0.151 e. The number of nitrogens with one attached hydrogen (secondary N) is 1. The van der Waals surface area contributed by atoms with Crippen LogP contribution in [-0.4, -0.2) is 29.3 Å². The predicted molar refractivity (Wildman–Crippen MR) is 99.5 cm³/mol. The highest BCUT2D eigenvalue weighted by molar-refractivity contribution is 6.31. The van der Waals surface area contributed by atoms with E-state index in [-0.39, 0.29) is 16.8 Å². The third kappa shape index (κ3) is 3.67. The van der Waals surface area contributed by atoms with E-state index in [0.29, 0.717) is 41.4 Å². The molecule has 1 aliphatic heterocycles. The Morgan fingerprint density at radius 3 is 2.93 bits per heavy atom. The van der Waals surface area contributed by atoms with Gasteiger partial charge in [0, 0.05) is 23.6 Å². The average molecular weight is 389 g/mol. The zero-order chi connectivity index (χ0) is 18.8. The van der Waals surface area contributed by atoms with Gasteiger partial charge >= 0.3 is 0 Å². The highest BCUT2D eigenvalue weighted by Gasteiger charge is 2.20. The number of fused-ring (bicyclic) bond motifs is 1. The van der Waals surface area contributed by atoms with Crippen LogP contribution in [-0.2, 0) is 4.74 Å². The predicted octanol–water partition coefficient (Wildman–Crippen LogP) is 4.73. The molecule has 0 radical (unpaired) electrons. The number of halogens is 2. The zero-order valence-corrected chi connectivity index (χ0v) is 14.7. The highest BCUT2D eigenvalue weighted by atomic mass is 35.5. The third-order valence-corrected chi connectivity index (χ3v) is 4.47. The van der Waals surface area contributed by atoms with Gasteiger partial charge in [0.2, 0.25) is 0 Å². The first-order valence-corrected chi connectivity index (χ1v) is 8.60. The summed E-state index contributed by atoms with van der Waals surface area (Å²) in [5, 5.41) is 6.68. The van der Waals surface area contributed by atoms with Crippen molar-refractivity contribution in [1.29, 1.82) is 0 Å². The lowest BCUT2D eigenvalue weighted by molar-refractivity contribution is 0.142. The van der Waals surface area contributed by atoms with Crippen LogP contribution in [0.5, 0.6) is 5.75 Å². The minimum absolute atomic E-state index is 0.0110. The lowest BCUT2D eigenvalue weighted by Crippen LogP contribution is -2.15. The van der Waals surface area contributed by atoms with Crippen LogP contribution >= 0.6 is 11.6 Å². The third-order valence-electron chi connectivity index (χ3n) is 4.18. The number of benzene rings is 2. The van der Waals surface area contributed by atoms with E-state index in [1.165, 1.54) is 24.5 Å². The summed E-state index contributed by atoms with van der Waals surface area (Å²) in [5.74, 6) is 0.269. The molecule has 1 saturated heterocycles. The largest absolute Gasteiger partial charge is 0.485 e.